The average molecular weight is 362 g/mol. The first kappa shape index (κ1) is 16.2. The van der Waals surface area contributed by atoms with E-state index in [-0.39, 0.29) is 5.91 Å². The second kappa shape index (κ2) is 6.58. The zero-order valence-electron chi connectivity index (χ0n) is 14.1. The van der Waals surface area contributed by atoms with Crippen LogP contribution in [-0.4, -0.2) is 23.0 Å². The Balaban J connectivity index is 1.39. The summed E-state index contributed by atoms with van der Waals surface area (Å²) in [4.78, 5) is 20.7. The quantitative estimate of drug-likeness (QED) is 0.851. The van der Waals surface area contributed by atoms with Crippen LogP contribution < -0.4 is 10.6 Å². The second-order valence-corrected chi connectivity index (χ2v) is 9.55. The maximum Gasteiger partial charge on any atom is 0.226 e. The molecule has 128 valence electrons. The van der Waals surface area contributed by atoms with Crippen LogP contribution in [-0.2, 0) is 4.79 Å². The summed E-state index contributed by atoms with van der Waals surface area (Å²) in [6, 6.07) is 5.50. The van der Waals surface area contributed by atoms with Gasteiger partial charge in [-0.1, -0.05) is 0 Å². The summed E-state index contributed by atoms with van der Waals surface area (Å²) in [6.45, 7) is 4.17. The van der Waals surface area contributed by atoms with E-state index >= 15 is 0 Å². The van der Waals surface area contributed by atoms with Crippen LogP contribution in [0.25, 0.3) is 10.6 Å². The minimum absolute atomic E-state index is 0.115. The van der Waals surface area contributed by atoms with Crippen LogP contribution in [0.15, 0.2) is 12.1 Å². The third kappa shape index (κ3) is 3.41. The van der Waals surface area contributed by atoms with Crippen molar-refractivity contribution < 1.29 is 4.79 Å². The highest BCUT2D eigenvalue weighted by Gasteiger charge is 2.34. The van der Waals surface area contributed by atoms with E-state index in [1.165, 1.54) is 22.6 Å². The molecule has 2 atom stereocenters. The van der Waals surface area contributed by atoms with Crippen LogP contribution >= 0.6 is 22.7 Å². The molecule has 6 heteroatoms. The molecule has 2 N–H and O–H groups in total. The number of piperidine rings is 1. The molecule has 0 saturated carbocycles. The van der Waals surface area contributed by atoms with Crippen LogP contribution in [0, 0.1) is 19.8 Å². The average Bonchev–Trinajstić information content (AvgIpc) is 3.19. The number of carbonyl (C=O) groups excluding carboxylic acids is 1. The van der Waals surface area contributed by atoms with Gasteiger partial charge in [-0.2, -0.15) is 0 Å². The zero-order valence-corrected chi connectivity index (χ0v) is 15.7. The molecule has 0 spiro atoms. The van der Waals surface area contributed by atoms with Crippen molar-refractivity contribution in [1.82, 2.24) is 10.3 Å². The minimum atomic E-state index is 0.115. The first-order valence-electron chi connectivity index (χ1n) is 8.67. The smallest absolute Gasteiger partial charge is 0.226 e. The van der Waals surface area contributed by atoms with Crippen molar-refractivity contribution in [2.24, 2.45) is 5.92 Å². The van der Waals surface area contributed by atoms with E-state index in [2.05, 4.69) is 41.6 Å². The molecule has 2 saturated heterocycles. The molecular formula is C18H23N3OS2. The number of fused-ring (bicyclic) bond motifs is 2. The highest BCUT2D eigenvalue weighted by molar-refractivity contribution is 7.18. The lowest BCUT2D eigenvalue weighted by molar-refractivity contribution is -0.117. The SMILES string of the molecule is Cc1ccc(-c2nc(NC(=O)CC3CC4CCC(C3)N4)sc2C)s1. The lowest BCUT2D eigenvalue weighted by atomic mass is 9.89. The standard InChI is InChI=1S/C18H23N3OS2/c1-10-3-6-15(23-10)17-11(2)24-18(21-17)20-16(22)9-12-7-13-4-5-14(8-12)19-13/h3,6,12-14,19H,4-5,7-9H2,1-2H3,(H,20,21,22). The summed E-state index contributed by atoms with van der Waals surface area (Å²) in [5.41, 5.74) is 1.01. The summed E-state index contributed by atoms with van der Waals surface area (Å²) < 4.78 is 0. The van der Waals surface area contributed by atoms with Gasteiger partial charge >= 0.3 is 0 Å². The van der Waals surface area contributed by atoms with Crippen molar-refractivity contribution in [3.63, 3.8) is 0 Å². The van der Waals surface area contributed by atoms with E-state index in [0.717, 1.165) is 28.5 Å². The van der Waals surface area contributed by atoms with Gasteiger partial charge in [-0.3, -0.25) is 4.79 Å². The van der Waals surface area contributed by atoms with Crippen LogP contribution in [0.2, 0.25) is 0 Å². The molecule has 0 radical (unpaired) electrons. The Morgan fingerprint density at radius 2 is 2.00 bits per heavy atom. The van der Waals surface area contributed by atoms with E-state index in [0.29, 0.717) is 24.4 Å². The number of carbonyl (C=O) groups is 1. The number of amides is 1. The minimum Gasteiger partial charge on any atom is -0.311 e. The number of aryl methyl sites for hydroxylation is 2. The number of hydrogen-bond donors (Lipinski definition) is 2. The maximum absolute atomic E-state index is 12.4. The monoisotopic (exact) mass is 361 g/mol. The van der Waals surface area contributed by atoms with Gasteiger partial charge in [0.1, 0.15) is 0 Å². The summed E-state index contributed by atoms with van der Waals surface area (Å²) in [5, 5.41) is 7.39. The lowest BCUT2D eigenvalue weighted by Gasteiger charge is -2.28. The molecule has 4 nitrogen and oxygen atoms in total. The van der Waals surface area contributed by atoms with Crippen LogP contribution in [0.3, 0.4) is 0 Å². The molecule has 0 aromatic carbocycles. The van der Waals surface area contributed by atoms with Gasteiger partial charge < -0.3 is 10.6 Å². The van der Waals surface area contributed by atoms with Gasteiger partial charge in [-0.05, 0) is 57.6 Å². The van der Waals surface area contributed by atoms with Gasteiger partial charge in [-0.25, -0.2) is 4.98 Å². The molecule has 0 aliphatic carbocycles. The van der Waals surface area contributed by atoms with Crippen molar-refractivity contribution in [3.8, 4) is 10.6 Å². The van der Waals surface area contributed by atoms with Crippen LogP contribution in [0.4, 0.5) is 5.13 Å². The van der Waals surface area contributed by atoms with E-state index in [1.807, 2.05) is 0 Å². The van der Waals surface area contributed by atoms with Gasteiger partial charge in [-0.15, -0.1) is 22.7 Å². The molecule has 2 fully saturated rings. The van der Waals surface area contributed by atoms with Crippen molar-refractivity contribution in [1.29, 1.82) is 0 Å². The largest absolute Gasteiger partial charge is 0.311 e. The Hall–Kier alpha value is -1.24. The summed E-state index contributed by atoms with van der Waals surface area (Å²) in [6.07, 6.45) is 5.46. The lowest BCUT2D eigenvalue weighted by Crippen LogP contribution is -2.39. The molecule has 4 rings (SSSR count). The van der Waals surface area contributed by atoms with Gasteiger partial charge in [0.05, 0.1) is 10.6 Å². The molecular weight excluding hydrogens is 338 g/mol. The number of rotatable bonds is 4. The predicted molar refractivity (Wildman–Crippen MR) is 101 cm³/mol. The fraction of sp³-hybridized carbons (Fsp3) is 0.556. The van der Waals surface area contributed by atoms with Gasteiger partial charge in [0.25, 0.3) is 0 Å². The number of nitrogens with one attached hydrogen (secondary N) is 2. The molecule has 2 aliphatic heterocycles. The molecule has 1 amide bonds. The highest BCUT2D eigenvalue weighted by Crippen LogP contribution is 2.35. The van der Waals surface area contributed by atoms with Crippen molar-refractivity contribution >= 4 is 33.7 Å². The number of thiophene rings is 1. The molecule has 4 heterocycles. The Morgan fingerprint density at radius 1 is 1.25 bits per heavy atom. The van der Waals surface area contributed by atoms with Gasteiger partial charge in [0, 0.05) is 28.3 Å². The summed E-state index contributed by atoms with van der Waals surface area (Å²) >= 11 is 3.32. The molecule has 2 aliphatic rings. The molecule has 24 heavy (non-hydrogen) atoms. The van der Waals surface area contributed by atoms with Crippen molar-refractivity contribution in [2.75, 3.05) is 5.32 Å². The zero-order chi connectivity index (χ0) is 16.7. The first-order valence-corrected chi connectivity index (χ1v) is 10.3. The summed E-state index contributed by atoms with van der Waals surface area (Å²) in [5.74, 6) is 0.633. The molecule has 2 aromatic rings. The first-order chi connectivity index (χ1) is 11.6. The van der Waals surface area contributed by atoms with Gasteiger partial charge in [0.15, 0.2) is 5.13 Å². The van der Waals surface area contributed by atoms with E-state index in [9.17, 15) is 4.79 Å². The Morgan fingerprint density at radius 3 is 2.67 bits per heavy atom. The number of aromatic nitrogens is 1. The van der Waals surface area contributed by atoms with E-state index in [1.54, 1.807) is 22.7 Å². The molecule has 2 unspecified atom stereocenters. The van der Waals surface area contributed by atoms with Crippen molar-refractivity contribution in [3.05, 3.63) is 21.9 Å². The second-order valence-electron chi connectivity index (χ2n) is 7.06. The summed E-state index contributed by atoms with van der Waals surface area (Å²) in [7, 11) is 0. The third-order valence-corrected chi connectivity index (χ3v) is 6.96. The Kier molecular flexibility index (Phi) is 4.45. The van der Waals surface area contributed by atoms with Crippen molar-refractivity contribution in [2.45, 2.75) is 58.0 Å². The Labute approximate surface area is 150 Å². The normalized spacial score (nSPS) is 25.8. The maximum atomic E-state index is 12.4. The number of thiazole rings is 1. The number of anilines is 1. The van der Waals surface area contributed by atoms with Gasteiger partial charge in [0.2, 0.25) is 5.91 Å². The van der Waals surface area contributed by atoms with Crippen LogP contribution in [0.5, 0.6) is 0 Å². The fourth-order valence-electron chi connectivity index (χ4n) is 4.01. The number of hydrogen-bond acceptors (Lipinski definition) is 5. The molecule has 2 aromatic heterocycles. The fourth-order valence-corrected chi connectivity index (χ4v) is 5.84. The topological polar surface area (TPSA) is 54.0 Å². The van der Waals surface area contributed by atoms with E-state index < -0.39 is 0 Å². The Bertz CT molecular complexity index is 739. The predicted octanol–water partition coefficient (Wildman–Crippen LogP) is 4.35. The molecule has 2 bridgehead atoms. The van der Waals surface area contributed by atoms with E-state index in [4.69, 9.17) is 0 Å². The van der Waals surface area contributed by atoms with Crippen LogP contribution in [0.1, 0.15) is 41.9 Å². The third-order valence-electron chi connectivity index (χ3n) is 5.06. The number of nitrogens with zero attached hydrogens (tertiary/aromatic N) is 1. The highest BCUT2D eigenvalue weighted by atomic mass is 32.1.